The van der Waals surface area contributed by atoms with Gasteiger partial charge in [-0.05, 0) is 80.6 Å². The first kappa shape index (κ1) is 22.0. The van der Waals surface area contributed by atoms with Gasteiger partial charge in [0.1, 0.15) is 23.7 Å². The normalized spacial score (nSPS) is 13.6. The lowest BCUT2D eigenvalue weighted by atomic mass is 10.0. The van der Waals surface area contributed by atoms with E-state index in [1.54, 1.807) is 7.11 Å². The minimum absolute atomic E-state index is 0.357. The van der Waals surface area contributed by atoms with Crippen LogP contribution in [0.2, 0.25) is 0 Å². The van der Waals surface area contributed by atoms with Crippen LogP contribution in [-0.4, -0.2) is 38.0 Å². The van der Waals surface area contributed by atoms with Crippen LogP contribution in [0.25, 0.3) is 11.1 Å². The molecule has 1 amide bonds. The number of benzene rings is 2. The van der Waals surface area contributed by atoms with Crippen LogP contribution in [0.3, 0.4) is 0 Å². The van der Waals surface area contributed by atoms with Crippen LogP contribution in [0, 0.1) is 0 Å². The highest BCUT2D eigenvalue weighted by molar-refractivity contribution is 5.68. The molecule has 2 aromatic carbocycles. The Kier molecular flexibility index (Phi) is 7.21. The topological polar surface area (TPSA) is 68.8 Å². The summed E-state index contributed by atoms with van der Waals surface area (Å²) in [4.78, 5) is 11.8. The van der Waals surface area contributed by atoms with Gasteiger partial charge in [-0.2, -0.15) is 0 Å². The molecule has 0 aliphatic heterocycles. The number of ether oxygens (including phenoxy) is 3. The van der Waals surface area contributed by atoms with E-state index in [1.807, 2.05) is 51.1 Å². The van der Waals surface area contributed by atoms with Gasteiger partial charge < -0.3 is 24.8 Å². The molecule has 3 rings (SSSR count). The molecule has 0 atom stereocenters. The van der Waals surface area contributed by atoms with Gasteiger partial charge in [-0.15, -0.1) is 0 Å². The van der Waals surface area contributed by atoms with Crippen molar-refractivity contribution in [2.75, 3.05) is 20.3 Å². The molecule has 6 heteroatoms. The van der Waals surface area contributed by atoms with Crippen LogP contribution >= 0.6 is 0 Å². The number of carbonyl (C=O) groups is 1. The van der Waals surface area contributed by atoms with E-state index in [1.165, 1.54) is 12.8 Å². The molecule has 1 aliphatic rings. The number of hydrogen-bond acceptors (Lipinski definition) is 5. The fraction of sp³-hybridized carbons (Fsp3) is 0.458. The van der Waals surface area contributed by atoms with E-state index in [0.717, 1.165) is 34.7 Å². The van der Waals surface area contributed by atoms with Crippen molar-refractivity contribution in [2.45, 2.75) is 51.8 Å². The van der Waals surface area contributed by atoms with Gasteiger partial charge in [-0.1, -0.05) is 12.1 Å². The van der Waals surface area contributed by atoms with Crippen molar-refractivity contribution < 1.29 is 19.0 Å². The third-order valence-corrected chi connectivity index (χ3v) is 4.58. The zero-order valence-electron chi connectivity index (χ0n) is 18.3. The molecule has 0 spiro atoms. The SMILES string of the molecule is COc1cccc(-c2cc(CNC3CC3)cc(OCCNC(=O)OC(C)(C)C)c2)c1. The zero-order chi connectivity index (χ0) is 21.6. The summed E-state index contributed by atoms with van der Waals surface area (Å²) in [6.07, 6.45) is 2.05. The van der Waals surface area contributed by atoms with E-state index in [2.05, 4.69) is 22.8 Å². The Balaban J connectivity index is 1.66. The first-order chi connectivity index (χ1) is 14.3. The van der Waals surface area contributed by atoms with Gasteiger partial charge in [0.25, 0.3) is 0 Å². The molecular formula is C24H32N2O4. The Bertz CT molecular complexity index is 857. The summed E-state index contributed by atoms with van der Waals surface area (Å²) < 4.78 is 16.5. The average Bonchev–Trinajstić information content (AvgIpc) is 3.53. The maximum Gasteiger partial charge on any atom is 0.407 e. The average molecular weight is 413 g/mol. The molecule has 1 aliphatic carbocycles. The van der Waals surface area contributed by atoms with E-state index in [-0.39, 0.29) is 0 Å². The van der Waals surface area contributed by atoms with Gasteiger partial charge >= 0.3 is 6.09 Å². The minimum Gasteiger partial charge on any atom is -0.497 e. The van der Waals surface area contributed by atoms with Crippen LogP contribution < -0.4 is 20.1 Å². The van der Waals surface area contributed by atoms with Gasteiger partial charge in [-0.3, -0.25) is 0 Å². The molecule has 0 unspecified atom stereocenters. The van der Waals surface area contributed by atoms with Crippen LogP contribution in [0.15, 0.2) is 42.5 Å². The molecular weight excluding hydrogens is 380 g/mol. The number of hydrogen-bond donors (Lipinski definition) is 2. The molecule has 1 saturated carbocycles. The van der Waals surface area contributed by atoms with Gasteiger partial charge in [0.15, 0.2) is 0 Å². The van der Waals surface area contributed by atoms with Crippen molar-refractivity contribution >= 4 is 6.09 Å². The monoisotopic (exact) mass is 412 g/mol. The van der Waals surface area contributed by atoms with Crippen molar-refractivity contribution in [1.29, 1.82) is 0 Å². The van der Waals surface area contributed by atoms with E-state index >= 15 is 0 Å². The predicted molar refractivity (Wildman–Crippen MR) is 118 cm³/mol. The maximum absolute atomic E-state index is 11.8. The quantitative estimate of drug-likeness (QED) is 0.593. The van der Waals surface area contributed by atoms with E-state index in [4.69, 9.17) is 14.2 Å². The van der Waals surface area contributed by atoms with Crippen LogP contribution in [0.4, 0.5) is 4.79 Å². The standard InChI is InChI=1S/C24H32N2O4/c1-24(2,3)30-23(27)25-10-11-29-22-13-17(16-26-20-8-9-20)12-19(15-22)18-6-5-7-21(14-18)28-4/h5-7,12-15,20,26H,8-11,16H2,1-4H3,(H,25,27). The second-order valence-corrected chi connectivity index (χ2v) is 8.53. The predicted octanol–water partition coefficient (Wildman–Crippen LogP) is 4.52. The van der Waals surface area contributed by atoms with Crippen LogP contribution in [-0.2, 0) is 11.3 Å². The van der Waals surface area contributed by atoms with Crippen LogP contribution in [0.5, 0.6) is 11.5 Å². The van der Waals surface area contributed by atoms with Gasteiger partial charge in [0.2, 0.25) is 0 Å². The van der Waals surface area contributed by atoms with Crippen molar-refractivity contribution in [1.82, 2.24) is 10.6 Å². The summed E-state index contributed by atoms with van der Waals surface area (Å²) in [6.45, 7) is 7.04. The summed E-state index contributed by atoms with van der Waals surface area (Å²) in [6, 6.07) is 14.9. The molecule has 0 saturated heterocycles. The van der Waals surface area contributed by atoms with Crippen molar-refractivity contribution in [3.63, 3.8) is 0 Å². The third kappa shape index (κ3) is 7.26. The number of methoxy groups -OCH3 is 1. The van der Waals surface area contributed by atoms with Crippen LogP contribution in [0.1, 0.15) is 39.2 Å². The summed E-state index contributed by atoms with van der Waals surface area (Å²) in [7, 11) is 1.67. The number of nitrogens with one attached hydrogen (secondary N) is 2. The first-order valence-corrected chi connectivity index (χ1v) is 10.4. The Morgan fingerprint density at radius 3 is 2.53 bits per heavy atom. The molecule has 0 heterocycles. The Labute approximate surface area is 178 Å². The van der Waals surface area contributed by atoms with Crippen molar-refractivity contribution in [2.24, 2.45) is 0 Å². The molecule has 30 heavy (non-hydrogen) atoms. The second-order valence-electron chi connectivity index (χ2n) is 8.53. The summed E-state index contributed by atoms with van der Waals surface area (Å²) in [5.74, 6) is 1.59. The van der Waals surface area contributed by atoms with E-state index in [9.17, 15) is 4.79 Å². The third-order valence-electron chi connectivity index (χ3n) is 4.58. The molecule has 1 fully saturated rings. The lowest BCUT2D eigenvalue weighted by Crippen LogP contribution is -2.34. The lowest BCUT2D eigenvalue weighted by molar-refractivity contribution is 0.0520. The minimum atomic E-state index is -0.514. The molecule has 0 aromatic heterocycles. The van der Waals surface area contributed by atoms with Gasteiger partial charge in [0.05, 0.1) is 13.7 Å². The van der Waals surface area contributed by atoms with Crippen molar-refractivity contribution in [3.05, 3.63) is 48.0 Å². The fourth-order valence-electron chi connectivity index (χ4n) is 3.00. The first-order valence-electron chi connectivity index (χ1n) is 10.4. The highest BCUT2D eigenvalue weighted by Gasteiger charge is 2.20. The van der Waals surface area contributed by atoms with E-state index < -0.39 is 11.7 Å². The molecule has 6 nitrogen and oxygen atoms in total. The molecule has 2 aromatic rings. The van der Waals surface area contributed by atoms with Gasteiger partial charge in [0, 0.05) is 12.6 Å². The second kappa shape index (κ2) is 9.85. The fourth-order valence-corrected chi connectivity index (χ4v) is 3.00. The highest BCUT2D eigenvalue weighted by atomic mass is 16.6. The summed E-state index contributed by atoms with van der Waals surface area (Å²) in [5, 5.41) is 6.27. The van der Waals surface area contributed by atoms with Gasteiger partial charge in [-0.25, -0.2) is 4.79 Å². The summed E-state index contributed by atoms with van der Waals surface area (Å²) in [5.41, 5.74) is 2.79. The number of rotatable bonds is 9. The largest absolute Gasteiger partial charge is 0.497 e. The zero-order valence-corrected chi connectivity index (χ0v) is 18.3. The number of carbonyl (C=O) groups excluding carboxylic acids is 1. The lowest BCUT2D eigenvalue weighted by Gasteiger charge is -2.19. The van der Waals surface area contributed by atoms with Crippen molar-refractivity contribution in [3.8, 4) is 22.6 Å². The maximum atomic E-state index is 11.8. The molecule has 162 valence electrons. The Morgan fingerprint density at radius 1 is 1.07 bits per heavy atom. The summed E-state index contributed by atoms with van der Waals surface area (Å²) >= 11 is 0. The van der Waals surface area contributed by atoms with E-state index in [0.29, 0.717) is 19.2 Å². The smallest absolute Gasteiger partial charge is 0.407 e. The highest BCUT2D eigenvalue weighted by Crippen LogP contribution is 2.29. The molecule has 0 radical (unpaired) electrons. The number of amides is 1. The molecule has 2 N–H and O–H groups in total. The Hall–Kier alpha value is -2.73. The molecule has 0 bridgehead atoms. The number of alkyl carbamates (subject to hydrolysis) is 1. The Morgan fingerprint density at radius 2 is 1.83 bits per heavy atom.